The summed E-state index contributed by atoms with van der Waals surface area (Å²) in [4.78, 5) is 16.7. The fraction of sp³-hybridized carbons (Fsp3) is 0.0400. The van der Waals surface area contributed by atoms with Gasteiger partial charge in [0.2, 0.25) is 5.91 Å². The summed E-state index contributed by atoms with van der Waals surface area (Å²) in [5.74, 6) is -0.193. The Bertz CT molecular complexity index is 1130. The van der Waals surface area contributed by atoms with Gasteiger partial charge in [0, 0.05) is 17.0 Å². The molecule has 0 fully saturated rings. The number of nitrogens with one attached hydrogen (secondary N) is 1. The molecule has 29 heavy (non-hydrogen) atoms. The monoisotopic (exact) mass is 396 g/mol. The van der Waals surface area contributed by atoms with Gasteiger partial charge in [0.05, 0.1) is 5.69 Å². The van der Waals surface area contributed by atoms with E-state index in [0.717, 1.165) is 22.4 Å². The van der Waals surface area contributed by atoms with Crippen molar-refractivity contribution in [3.8, 4) is 22.4 Å². The minimum atomic E-state index is -0.193. The minimum Gasteiger partial charge on any atom is -0.298 e. The van der Waals surface area contributed by atoms with Crippen LogP contribution in [-0.2, 0) is 4.79 Å². The van der Waals surface area contributed by atoms with E-state index in [1.165, 1.54) is 28.5 Å². The Morgan fingerprint density at radius 1 is 0.862 bits per heavy atom. The average Bonchev–Trinajstić information content (AvgIpc) is 3.22. The van der Waals surface area contributed by atoms with Gasteiger partial charge in [-0.3, -0.25) is 10.1 Å². The molecule has 1 heterocycles. The fourth-order valence-electron chi connectivity index (χ4n) is 2.92. The van der Waals surface area contributed by atoms with Crippen molar-refractivity contribution in [2.75, 3.05) is 5.32 Å². The zero-order chi connectivity index (χ0) is 20.1. The van der Waals surface area contributed by atoms with Gasteiger partial charge in [-0.1, -0.05) is 84.4 Å². The number of hydrogen-bond donors (Lipinski definition) is 1. The summed E-state index contributed by atoms with van der Waals surface area (Å²) in [5, 5.41) is 5.38. The molecule has 1 amide bonds. The van der Waals surface area contributed by atoms with Gasteiger partial charge in [0.15, 0.2) is 5.13 Å². The van der Waals surface area contributed by atoms with Gasteiger partial charge in [0.25, 0.3) is 0 Å². The highest BCUT2D eigenvalue weighted by atomic mass is 32.1. The summed E-state index contributed by atoms with van der Waals surface area (Å²) in [5.41, 5.74) is 6.42. The third-order valence-corrected chi connectivity index (χ3v) is 5.28. The molecule has 3 aromatic carbocycles. The Labute approximate surface area is 174 Å². The molecule has 4 aromatic rings. The van der Waals surface area contributed by atoms with Crippen LogP contribution in [0.25, 0.3) is 28.5 Å². The lowest BCUT2D eigenvalue weighted by molar-refractivity contribution is -0.111. The Kier molecular flexibility index (Phi) is 5.63. The molecule has 0 atom stereocenters. The standard InChI is InChI=1S/C25H20N2OS/c1-18-7-12-22(13-8-18)23-17-29-25(26-23)27-24(28)16-11-19-9-14-21(15-10-19)20-5-3-2-4-6-20/h2-17H,1H3,(H,26,27,28)/b16-11+. The second kappa shape index (κ2) is 8.67. The minimum absolute atomic E-state index is 0.193. The number of carbonyl (C=O) groups is 1. The van der Waals surface area contributed by atoms with Crippen LogP contribution >= 0.6 is 11.3 Å². The SMILES string of the molecule is Cc1ccc(-c2csc(NC(=O)/C=C/c3ccc(-c4ccccc4)cc3)n2)cc1. The number of hydrogen-bond acceptors (Lipinski definition) is 3. The van der Waals surface area contributed by atoms with Gasteiger partial charge in [-0.15, -0.1) is 11.3 Å². The van der Waals surface area contributed by atoms with Crippen LogP contribution in [0.2, 0.25) is 0 Å². The molecule has 4 heteroatoms. The van der Waals surface area contributed by atoms with E-state index in [0.29, 0.717) is 5.13 Å². The summed E-state index contributed by atoms with van der Waals surface area (Å²) in [7, 11) is 0. The first-order valence-electron chi connectivity index (χ1n) is 9.34. The van der Waals surface area contributed by atoms with Gasteiger partial charge in [-0.2, -0.15) is 0 Å². The van der Waals surface area contributed by atoms with Gasteiger partial charge in [-0.25, -0.2) is 4.98 Å². The molecular weight excluding hydrogens is 376 g/mol. The largest absolute Gasteiger partial charge is 0.298 e. The lowest BCUT2D eigenvalue weighted by Crippen LogP contribution is -2.07. The number of benzene rings is 3. The van der Waals surface area contributed by atoms with Crippen molar-refractivity contribution in [2.24, 2.45) is 0 Å². The molecule has 0 aliphatic rings. The number of rotatable bonds is 5. The molecular formula is C25H20N2OS. The number of thiazole rings is 1. The fourth-order valence-corrected chi connectivity index (χ4v) is 3.65. The van der Waals surface area contributed by atoms with Gasteiger partial charge >= 0.3 is 0 Å². The second-order valence-corrected chi connectivity index (χ2v) is 7.57. The number of amides is 1. The topological polar surface area (TPSA) is 42.0 Å². The van der Waals surface area contributed by atoms with Gasteiger partial charge < -0.3 is 0 Å². The Morgan fingerprint density at radius 3 is 2.24 bits per heavy atom. The van der Waals surface area contributed by atoms with Gasteiger partial charge in [0.1, 0.15) is 0 Å². The van der Waals surface area contributed by atoms with Crippen LogP contribution < -0.4 is 5.32 Å². The van der Waals surface area contributed by atoms with Crippen molar-refractivity contribution < 1.29 is 4.79 Å². The normalized spacial score (nSPS) is 10.9. The highest BCUT2D eigenvalue weighted by molar-refractivity contribution is 7.14. The van der Waals surface area contributed by atoms with Crippen molar-refractivity contribution in [3.63, 3.8) is 0 Å². The Morgan fingerprint density at radius 2 is 1.52 bits per heavy atom. The second-order valence-electron chi connectivity index (χ2n) is 6.71. The van der Waals surface area contributed by atoms with E-state index in [2.05, 4.69) is 53.6 Å². The summed E-state index contributed by atoms with van der Waals surface area (Å²) < 4.78 is 0. The molecule has 142 valence electrons. The highest BCUT2D eigenvalue weighted by Gasteiger charge is 2.06. The molecule has 3 nitrogen and oxygen atoms in total. The molecule has 1 N–H and O–H groups in total. The van der Waals surface area contributed by atoms with Crippen LogP contribution in [0.1, 0.15) is 11.1 Å². The van der Waals surface area contributed by atoms with Crippen molar-refractivity contribution in [3.05, 3.63) is 101 Å². The molecule has 0 aliphatic carbocycles. The predicted octanol–water partition coefficient (Wildman–Crippen LogP) is 6.44. The van der Waals surface area contributed by atoms with E-state index in [4.69, 9.17) is 0 Å². The zero-order valence-electron chi connectivity index (χ0n) is 16.0. The van der Waals surface area contributed by atoms with E-state index in [1.54, 1.807) is 6.08 Å². The molecule has 0 radical (unpaired) electrons. The van der Waals surface area contributed by atoms with Crippen molar-refractivity contribution in [1.82, 2.24) is 4.98 Å². The average molecular weight is 397 g/mol. The predicted molar refractivity (Wildman–Crippen MR) is 122 cm³/mol. The summed E-state index contributed by atoms with van der Waals surface area (Å²) in [6.45, 7) is 2.05. The van der Waals surface area contributed by atoms with E-state index in [1.807, 2.05) is 47.8 Å². The van der Waals surface area contributed by atoms with Crippen LogP contribution in [0.15, 0.2) is 90.3 Å². The molecule has 0 bridgehead atoms. The third-order valence-electron chi connectivity index (χ3n) is 4.53. The highest BCUT2D eigenvalue weighted by Crippen LogP contribution is 2.25. The maximum Gasteiger partial charge on any atom is 0.250 e. The molecule has 4 rings (SSSR count). The first-order chi connectivity index (χ1) is 14.2. The first kappa shape index (κ1) is 18.8. The van der Waals surface area contributed by atoms with Crippen molar-refractivity contribution >= 4 is 28.5 Å². The molecule has 0 saturated carbocycles. The van der Waals surface area contributed by atoms with Crippen LogP contribution in [0.3, 0.4) is 0 Å². The Hall–Kier alpha value is -3.50. The summed E-state index contributed by atoms with van der Waals surface area (Å²) in [6, 6.07) is 26.5. The lowest BCUT2D eigenvalue weighted by atomic mass is 10.0. The third kappa shape index (κ3) is 4.86. The maximum atomic E-state index is 12.2. The van der Waals surface area contributed by atoms with Crippen LogP contribution in [-0.4, -0.2) is 10.9 Å². The smallest absolute Gasteiger partial charge is 0.250 e. The van der Waals surface area contributed by atoms with Crippen molar-refractivity contribution in [2.45, 2.75) is 6.92 Å². The van der Waals surface area contributed by atoms with E-state index >= 15 is 0 Å². The molecule has 0 unspecified atom stereocenters. The number of nitrogens with zero attached hydrogens (tertiary/aromatic N) is 1. The van der Waals surface area contributed by atoms with Gasteiger partial charge in [-0.05, 0) is 29.7 Å². The summed E-state index contributed by atoms with van der Waals surface area (Å²) in [6.07, 6.45) is 3.34. The quantitative estimate of drug-likeness (QED) is 0.395. The molecule has 0 saturated heterocycles. The van der Waals surface area contributed by atoms with Crippen LogP contribution in [0, 0.1) is 6.92 Å². The van der Waals surface area contributed by atoms with Crippen LogP contribution in [0.4, 0.5) is 5.13 Å². The summed E-state index contributed by atoms with van der Waals surface area (Å²) >= 11 is 1.42. The van der Waals surface area contributed by atoms with E-state index in [-0.39, 0.29) is 5.91 Å². The van der Waals surface area contributed by atoms with Crippen LogP contribution in [0.5, 0.6) is 0 Å². The number of aryl methyl sites for hydroxylation is 1. The van der Waals surface area contributed by atoms with E-state index in [9.17, 15) is 4.79 Å². The molecule has 0 aliphatic heterocycles. The molecule has 0 spiro atoms. The van der Waals surface area contributed by atoms with E-state index < -0.39 is 0 Å². The Balaban J connectivity index is 1.38. The number of anilines is 1. The van der Waals surface area contributed by atoms with Crippen molar-refractivity contribution in [1.29, 1.82) is 0 Å². The zero-order valence-corrected chi connectivity index (χ0v) is 16.8. The number of carbonyl (C=O) groups excluding carboxylic acids is 1. The first-order valence-corrected chi connectivity index (χ1v) is 10.2. The lowest BCUT2D eigenvalue weighted by Gasteiger charge is -2.02. The number of aromatic nitrogens is 1. The molecule has 1 aromatic heterocycles. The maximum absolute atomic E-state index is 12.2.